The number of anilines is 1. The van der Waals surface area contributed by atoms with E-state index >= 15 is 0 Å². The topological polar surface area (TPSA) is 35.5 Å². The van der Waals surface area contributed by atoms with Crippen molar-refractivity contribution in [2.45, 2.75) is 12.5 Å². The van der Waals surface area contributed by atoms with Gasteiger partial charge in [-0.25, -0.2) is 0 Å². The number of benzene rings is 2. The van der Waals surface area contributed by atoms with Crippen LogP contribution in [0.1, 0.15) is 18.0 Å². The summed E-state index contributed by atoms with van der Waals surface area (Å²) in [4.78, 5) is 2.26. The number of hydrogen-bond donors (Lipinski definition) is 2. The molecule has 3 nitrogen and oxygen atoms in total. The van der Waals surface area contributed by atoms with Crippen molar-refractivity contribution in [1.82, 2.24) is 5.32 Å². The van der Waals surface area contributed by atoms with Crippen LogP contribution < -0.4 is 10.2 Å². The minimum absolute atomic E-state index is 0.300. The molecule has 106 valence electrons. The summed E-state index contributed by atoms with van der Waals surface area (Å²) in [7, 11) is 4.07. The Labute approximate surface area is 120 Å². The molecule has 2 N–H and O–H groups in total. The summed E-state index contributed by atoms with van der Waals surface area (Å²) >= 11 is 0. The summed E-state index contributed by atoms with van der Waals surface area (Å²) in [5.41, 5.74) is 2.41. The second kappa shape index (κ2) is 6.96. The minimum atomic E-state index is 0.300. The van der Waals surface area contributed by atoms with Gasteiger partial charge in [0.15, 0.2) is 0 Å². The lowest BCUT2D eigenvalue weighted by molar-refractivity contribution is 0.475. The first kappa shape index (κ1) is 14.4. The maximum Gasteiger partial charge on any atom is 0.115 e. The van der Waals surface area contributed by atoms with E-state index in [0.717, 1.165) is 18.7 Å². The van der Waals surface area contributed by atoms with Gasteiger partial charge in [0.05, 0.1) is 6.04 Å². The van der Waals surface area contributed by atoms with Crippen molar-refractivity contribution in [3.63, 3.8) is 0 Å². The summed E-state index contributed by atoms with van der Waals surface area (Å²) < 4.78 is 0. The largest absolute Gasteiger partial charge is 0.508 e. The Balaban J connectivity index is 2.23. The zero-order chi connectivity index (χ0) is 14.4. The highest BCUT2D eigenvalue weighted by Crippen LogP contribution is 2.29. The van der Waals surface area contributed by atoms with Crippen LogP contribution in [0.3, 0.4) is 0 Å². The van der Waals surface area contributed by atoms with Gasteiger partial charge in [0.2, 0.25) is 0 Å². The highest BCUT2D eigenvalue weighted by atomic mass is 16.3. The Morgan fingerprint density at radius 1 is 1.05 bits per heavy atom. The van der Waals surface area contributed by atoms with Crippen LogP contribution in [0, 0.1) is 0 Å². The molecule has 0 bridgehead atoms. The number of phenols is 1. The average molecular weight is 270 g/mol. The third-order valence-electron chi connectivity index (χ3n) is 3.58. The Kier molecular flexibility index (Phi) is 5.02. The van der Waals surface area contributed by atoms with Crippen molar-refractivity contribution in [1.29, 1.82) is 0 Å². The molecule has 0 heterocycles. The molecular weight excluding hydrogens is 248 g/mol. The van der Waals surface area contributed by atoms with Crippen molar-refractivity contribution in [3.8, 4) is 5.75 Å². The summed E-state index contributed by atoms with van der Waals surface area (Å²) in [6, 6.07) is 18.2. The van der Waals surface area contributed by atoms with Crippen molar-refractivity contribution in [3.05, 3.63) is 60.2 Å². The third-order valence-corrected chi connectivity index (χ3v) is 3.58. The zero-order valence-electron chi connectivity index (χ0n) is 12.1. The van der Waals surface area contributed by atoms with Crippen molar-refractivity contribution >= 4 is 5.69 Å². The molecule has 0 spiro atoms. The molecular formula is C17H22N2O. The van der Waals surface area contributed by atoms with E-state index in [1.807, 2.05) is 25.2 Å². The predicted octanol–water partition coefficient (Wildman–Crippen LogP) is 3.18. The van der Waals surface area contributed by atoms with Crippen LogP contribution in [-0.4, -0.2) is 25.7 Å². The molecule has 0 aliphatic carbocycles. The van der Waals surface area contributed by atoms with Crippen LogP contribution in [0.15, 0.2) is 54.6 Å². The van der Waals surface area contributed by atoms with Gasteiger partial charge in [-0.15, -0.1) is 0 Å². The Bertz CT molecular complexity index is 510. The van der Waals surface area contributed by atoms with Gasteiger partial charge in [0, 0.05) is 12.7 Å². The first-order valence-electron chi connectivity index (χ1n) is 6.94. The molecule has 1 unspecified atom stereocenters. The van der Waals surface area contributed by atoms with Crippen LogP contribution in [0.5, 0.6) is 5.75 Å². The average Bonchev–Trinajstić information content (AvgIpc) is 2.49. The van der Waals surface area contributed by atoms with Crippen molar-refractivity contribution in [2.24, 2.45) is 0 Å². The SMILES string of the molecule is CNCCC(c1ccccc1)N(C)c1ccc(O)cc1. The zero-order valence-corrected chi connectivity index (χ0v) is 12.1. The fraction of sp³-hybridized carbons (Fsp3) is 0.294. The van der Waals surface area contributed by atoms with Gasteiger partial charge in [0.1, 0.15) is 5.75 Å². The minimum Gasteiger partial charge on any atom is -0.508 e. The van der Waals surface area contributed by atoms with Crippen LogP contribution >= 0.6 is 0 Å². The molecule has 2 aromatic carbocycles. The molecule has 0 amide bonds. The van der Waals surface area contributed by atoms with Gasteiger partial charge in [-0.3, -0.25) is 0 Å². The van der Waals surface area contributed by atoms with E-state index in [2.05, 4.69) is 41.5 Å². The number of rotatable bonds is 6. The molecule has 20 heavy (non-hydrogen) atoms. The smallest absolute Gasteiger partial charge is 0.115 e. The number of phenolic OH excluding ortho intramolecular Hbond substituents is 1. The molecule has 3 heteroatoms. The van der Waals surface area contributed by atoms with Crippen LogP contribution in [-0.2, 0) is 0 Å². The lowest BCUT2D eigenvalue weighted by Gasteiger charge is -2.30. The maximum absolute atomic E-state index is 9.41. The van der Waals surface area contributed by atoms with E-state index in [4.69, 9.17) is 0 Å². The summed E-state index contributed by atoms with van der Waals surface area (Å²) in [5.74, 6) is 0.300. The quantitative estimate of drug-likeness (QED) is 0.846. The molecule has 0 saturated carbocycles. The molecule has 0 radical (unpaired) electrons. The van der Waals surface area contributed by atoms with Gasteiger partial charge in [-0.1, -0.05) is 30.3 Å². The Morgan fingerprint density at radius 3 is 2.30 bits per heavy atom. The molecule has 0 aliphatic heterocycles. The maximum atomic E-state index is 9.41. The van der Waals surface area contributed by atoms with E-state index in [0.29, 0.717) is 11.8 Å². The molecule has 0 aliphatic rings. The summed E-state index contributed by atoms with van der Waals surface area (Å²) in [5, 5.41) is 12.6. The van der Waals surface area contributed by atoms with E-state index in [-0.39, 0.29) is 0 Å². The van der Waals surface area contributed by atoms with Crippen LogP contribution in [0.2, 0.25) is 0 Å². The van der Waals surface area contributed by atoms with Gasteiger partial charge in [0.25, 0.3) is 0 Å². The normalized spacial score (nSPS) is 12.1. The Morgan fingerprint density at radius 2 is 1.70 bits per heavy atom. The van der Waals surface area contributed by atoms with Crippen LogP contribution in [0.25, 0.3) is 0 Å². The number of aromatic hydroxyl groups is 1. The monoisotopic (exact) mass is 270 g/mol. The molecule has 2 aromatic rings. The highest BCUT2D eigenvalue weighted by molar-refractivity contribution is 5.50. The predicted molar refractivity (Wildman–Crippen MR) is 84.2 cm³/mol. The standard InChI is InChI=1S/C17H22N2O/c1-18-13-12-17(14-6-4-3-5-7-14)19(2)15-8-10-16(20)11-9-15/h3-11,17-18,20H,12-13H2,1-2H3. The molecule has 1 atom stereocenters. The molecule has 0 saturated heterocycles. The fourth-order valence-corrected chi connectivity index (χ4v) is 2.41. The lowest BCUT2D eigenvalue weighted by atomic mass is 10.0. The van der Waals surface area contributed by atoms with Gasteiger partial charge >= 0.3 is 0 Å². The summed E-state index contributed by atoms with van der Waals surface area (Å²) in [6.07, 6.45) is 1.03. The van der Waals surface area contributed by atoms with E-state index in [1.54, 1.807) is 12.1 Å². The first-order chi connectivity index (χ1) is 9.72. The van der Waals surface area contributed by atoms with E-state index < -0.39 is 0 Å². The molecule has 2 rings (SSSR count). The fourth-order valence-electron chi connectivity index (χ4n) is 2.41. The van der Waals surface area contributed by atoms with Gasteiger partial charge in [-0.2, -0.15) is 0 Å². The van der Waals surface area contributed by atoms with Crippen LogP contribution in [0.4, 0.5) is 5.69 Å². The lowest BCUT2D eigenvalue weighted by Crippen LogP contribution is -2.27. The van der Waals surface area contributed by atoms with E-state index in [1.165, 1.54) is 5.56 Å². The molecule has 0 fully saturated rings. The first-order valence-corrected chi connectivity index (χ1v) is 6.94. The summed E-state index contributed by atoms with van der Waals surface area (Å²) in [6.45, 7) is 0.960. The van der Waals surface area contributed by atoms with Gasteiger partial charge < -0.3 is 15.3 Å². The second-order valence-electron chi connectivity index (χ2n) is 4.95. The third kappa shape index (κ3) is 3.52. The van der Waals surface area contributed by atoms with E-state index in [9.17, 15) is 5.11 Å². The molecule has 0 aromatic heterocycles. The van der Waals surface area contributed by atoms with Crippen molar-refractivity contribution in [2.75, 3.05) is 25.5 Å². The second-order valence-corrected chi connectivity index (χ2v) is 4.95. The van der Waals surface area contributed by atoms with Crippen molar-refractivity contribution < 1.29 is 5.11 Å². The number of nitrogens with one attached hydrogen (secondary N) is 1. The number of nitrogens with zero attached hydrogens (tertiary/aromatic N) is 1. The van der Waals surface area contributed by atoms with Gasteiger partial charge in [-0.05, 0) is 49.8 Å². The Hall–Kier alpha value is -2.00. The highest BCUT2D eigenvalue weighted by Gasteiger charge is 2.16. The number of hydrogen-bond acceptors (Lipinski definition) is 3.